The molecule has 0 radical (unpaired) electrons. The Morgan fingerprint density at radius 2 is 0.950 bits per heavy atom. The minimum atomic E-state index is -0.116. The third-order valence-corrected chi connectivity index (χ3v) is 4.34. The lowest BCUT2D eigenvalue weighted by Crippen LogP contribution is -2.45. The van der Waals surface area contributed by atoms with Crippen molar-refractivity contribution in [3.05, 3.63) is 71.8 Å². The second kappa shape index (κ2) is 5.41. The van der Waals surface area contributed by atoms with E-state index in [9.17, 15) is 9.59 Å². The zero-order valence-electron chi connectivity index (χ0n) is 11.1. The van der Waals surface area contributed by atoms with Gasteiger partial charge < -0.3 is 9.59 Å². The monoisotopic (exact) mass is 264 g/mol. The minimum Gasteiger partial charge on any atom is -0.303 e. The van der Waals surface area contributed by atoms with Gasteiger partial charge in [0.25, 0.3) is 0 Å². The summed E-state index contributed by atoms with van der Waals surface area (Å²) in [6.45, 7) is 0. The van der Waals surface area contributed by atoms with E-state index >= 15 is 0 Å². The summed E-state index contributed by atoms with van der Waals surface area (Å²) in [4.78, 5) is 23.0. The molecule has 1 fully saturated rings. The van der Waals surface area contributed by atoms with Crippen molar-refractivity contribution in [3.63, 3.8) is 0 Å². The zero-order valence-corrected chi connectivity index (χ0v) is 11.1. The molecule has 0 unspecified atom stereocenters. The summed E-state index contributed by atoms with van der Waals surface area (Å²) in [5, 5.41) is 0. The average molecular weight is 264 g/mol. The molecule has 100 valence electrons. The second-order valence-electron chi connectivity index (χ2n) is 5.30. The first-order chi connectivity index (χ1) is 9.86. The van der Waals surface area contributed by atoms with Crippen LogP contribution in [-0.2, 0) is 9.59 Å². The molecule has 0 aliphatic heterocycles. The summed E-state index contributed by atoms with van der Waals surface area (Å²) >= 11 is 0. The number of hydrogen-bond donors (Lipinski definition) is 0. The van der Waals surface area contributed by atoms with Crippen LogP contribution >= 0.6 is 0 Å². The molecule has 0 spiro atoms. The van der Waals surface area contributed by atoms with Crippen molar-refractivity contribution >= 4 is 12.6 Å². The van der Waals surface area contributed by atoms with Crippen molar-refractivity contribution in [1.82, 2.24) is 0 Å². The molecule has 0 N–H and O–H groups in total. The van der Waals surface area contributed by atoms with Crippen LogP contribution in [0.15, 0.2) is 60.7 Å². The van der Waals surface area contributed by atoms with Gasteiger partial charge in [-0.1, -0.05) is 60.7 Å². The van der Waals surface area contributed by atoms with Gasteiger partial charge in [-0.05, 0) is 11.1 Å². The van der Waals surface area contributed by atoms with Crippen LogP contribution in [0.2, 0.25) is 0 Å². The van der Waals surface area contributed by atoms with Gasteiger partial charge in [0, 0.05) is 23.7 Å². The fraction of sp³-hybridized carbons (Fsp3) is 0.222. The van der Waals surface area contributed by atoms with Crippen molar-refractivity contribution in [2.45, 2.75) is 11.8 Å². The van der Waals surface area contributed by atoms with Crippen molar-refractivity contribution in [1.29, 1.82) is 0 Å². The minimum absolute atomic E-state index is 0.0106. The molecule has 0 amide bonds. The fourth-order valence-electron chi connectivity index (χ4n) is 3.39. The van der Waals surface area contributed by atoms with Gasteiger partial charge in [-0.2, -0.15) is 0 Å². The molecule has 0 saturated heterocycles. The van der Waals surface area contributed by atoms with Crippen LogP contribution in [0.25, 0.3) is 0 Å². The largest absolute Gasteiger partial charge is 0.303 e. The van der Waals surface area contributed by atoms with Gasteiger partial charge in [0.2, 0.25) is 0 Å². The quantitative estimate of drug-likeness (QED) is 0.795. The van der Waals surface area contributed by atoms with E-state index in [1.165, 1.54) is 0 Å². The molecule has 2 nitrogen and oxygen atoms in total. The highest BCUT2D eigenvalue weighted by atomic mass is 16.1. The highest BCUT2D eigenvalue weighted by molar-refractivity contribution is 5.71. The van der Waals surface area contributed by atoms with Crippen molar-refractivity contribution in [3.8, 4) is 0 Å². The second-order valence-corrected chi connectivity index (χ2v) is 5.30. The van der Waals surface area contributed by atoms with Gasteiger partial charge in [-0.25, -0.2) is 0 Å². The van der Waals surface area contributed by atoms with Crippen molar-refractivity contribution < 1.29 is 9.59 Å². The van der Waals surface area contributed by atoms with Gasteiger partial charge >= 0.3 is 0 Å². The van der Waals surface area contributed by atoms with E-state index in [1.54, 1.807) is 0 Å². The normalized spacial score (nSPS) is 28.4. The maximum atomic E-state index is 11.5. The Kier molecular flexibility index (Phi) is 3.46. The molecule has 0 atom stereocenters. The lowest BCUT2D eigenvalue weighted by molar-refractivity contribution is -0.124. The lowest BCUT2D eigenvalue weighted by Gasteiger charge is -2.47. The van der Waals surface area contributed by atoms with Gasteiger partial charge in [0.05, 0.1) is 0 Å². The molecule has 1 aliphatic carbocycles. The van der Waals surface area contributed by atoms with Crippen LogP contribution in [0.5, 0.6) is 0 Å². The molecule has 1 saturated carbocycles. The Balaban J connectivity index is 1.95. The molecule has 0 aromatic heterocycles. The first kappa shape index (κ1) is 12.8. The maximum Gasteiger partial charge on any atom is 0.124 e. The number of carbonyl (C=O) groups excluding carboxylic acids is 2. The van der Waals surface area contributed by atoms with Gasteiger partial charge in [0.1, 0.15) is 12.6 Å². The Morgan fingerprint density at radius 3 is 1.25 bits per heavy atom. The van der Waals surface area contributed by atoms with E-state index in [1.807, 2.05) is 60.7 Å². The van der Waals surface area contributed by atoms with E-state index in [0.29, 0.717) is 0 Å². The predicted molar refractivity (Wildman–Crippen MR) is 77.5 cm³/mol. The Bertz CT molecular complexity index is 528. The first-order valence-electron chi connectivity index (χ1n) is 6.87. The van der Waals surface area contributed by atoms with Gasteiger partial charge in [-0.15, -0.1) is 0 Å². The highest BCUT2D eigenvalue weighted by Gasteiger charge is 2.51. The van der Waals surface area contributed by atoms with Crippen LogP contribution < -0.4 is 0 Å². The van der Waals surface area contributed by atoms with E-state index in [-0.39, 0.29) is 23.7 Å². The van der Waals surface area contributed by atoms with Crippen molar-refractivity contribution in [2.24, 2.45) is 11.8 Å². The predicted octanol–water partition coefficient (Wildman–Crippen LogP) is 3.20. The van der Waals surface area contributed by atoms with E-state index in [4.69, 9.17) is 0 Å². The molecule has 20 heavy (non-hydrogen) atoms. The number of carbonyl (C=O) groups is 2. The van der Waals surface area contributed by atoms with E-state index < -0.39 is 0 Å². The molecule has 2 heteroatoms. The first-order valence-corrected chi connectivity index (χ1v) is 6.87. The molecule has 2 aromatic carbocycles. The molecular weight excluding hydrogens is 248 g/mol. The smallest absolute Gasteiger partial charge is 0.124 e. The van der Waals surface area contributed by atoms with Gasteiger partial charge in [-0.3, -0.25) is 0 Å². The van der Waals surface area contributed by atoms with Crippen molar-refractivity contribution in [2.75, 3.05) is 0 Å². The Hall–Kier alpha value is -2.22. The molecule has 3 rings (SSSR count). The number of hydrogen-bond acceptors (Lipinski definition) is 2. The SMILES string of the molecule is O=CC1C(c2ccccc2)C(C=O)C1c1ccccc1. The molecule has 2 aromatic rings. The van der Waals surface area contributed by atoms with E-state index in [0.717, 1.165) is 23.7 Å². The summed E-state index contributed by atoms with van der Waals surface area (Å²) in [5.41, 5.74) is 2.16. The number of benzene rings is 2. The molecule has 0 bridgehead atoms. The van der Waals surface area contributed by atoms with Crippen LogP contribution in [0, 0.1) is 11.8 Å². The fourth-order valence-corrected chi connectivity index (χ4v) is 3.39. The zero-order chi connectivity index (χ0) is 13.9. The topological polar surface area (TPSA) is 34.1 Å². The van der Waals surface area contributed by atoms with Gasteiger partial charge in [0.15, 0.2) is 0 Å². The summed E-state index contributed by atoms with van der Waals surface area (Å²) < 4.78 is 0. The van der Waals surface area contributed by atoms with Crippen LogP contribution in [0.3, 0.4) is 0 Å². The third kappa shape index (κ3) is 1.97. The highest BCUT2D eigenvalue weighted by Crippen LogP contribution is 2.55. The maximum absolute atomic E-state index is 11.5. The average Bonchev–Trinajstić information content (AvgIpc) is 2.49. The van der Waals surface area contributed by atoms with Crippen LogP contribution in [0.1, 0.15) is 23.0 Å². The number of aldehydes is 2. The molecule has 1 aliphatic rings. The summed E-state index contributed by atoms with van der Waals surface area (Å²) in [6.07, 6.45) is 2.02. The lowest BCUT2D eigenvalue weighted by atomic mass is 9.53. The van der Waals surface area contributed by atoms with Crippen LogP contribution in [0.4, 0.5) is 0 Å². The standard InChI is InChI=1S/C18H16O2/c19-11-15-17(13-7-3-1-4-8-13)16(12-20)18(15)14-9-5-2-6-10-14/h1-12,15-18H. The third-order valence-electron chi connectivity index (χ3n) is 4.34. The number of rotatable bonds is 4. The Labute approximate surface area is 118 Å². The summed E-state index contributed by atoms with van der Waals surface area (Å²) in [5.74, 6) is -0.210. The molecular formula is C18H16O2. The summed E-state index contributed by atoms with van der Waals surface area (Å²) in [7, 11) is 0. The van der Waals surface area contributed by atoms with E-state index in [2.05, 4.69) is 0 Å². The van der Waals surface area contributed by atoms with Crippen LogP contribution in [-0.4, -0.2) is 12.6 Å². The molecule has 0 heterocycles. The summed E-state index contributed by atoms with van der Waals surface area (Å²) in [6, 6.07) is 19.7. The Morgan fingerprint density at radius 1 is 0.600 bits per heavy atom.